The van der Waals surface area contributed by atoms with Crippen LogP contribution in [0.15, 0.2) is 28.8 Å². The van der Waals surface area contributed by atoms with Crippen LogP contribution in [0.1, 0.15) is 35.0 Å². The van der Waals surface area contributed by atoms with Gasteiger partial charge in [-0.2, -0.15) is 10.1 Å². The second-order valence-electron chi connectivity index (χ2n) is 8.65. The lowest BCUT2D eigenvalue weighted by molar-refractivity contribution is 0.0930. The van der Waals surface area contributed by atoms with Crippen molar-refractivity contribution in [2.75, 3.05) is 19.3 Å². The molecule has 3 atom stereocenters. The maximum absolute atomic E-state index is 13.1. The molecule has 0 bridgehead atoms. The van der Waals surface area contributed by atoms with Gasteiger partial charge in [0.2, 0.25) is 15.9 Å². The van der Waals surface area contributed by atoms with Crippen molar-refractivity contribution < 1.29 is 17.7 Å². The molecule has 1 N–H and O–H groups in total. The van der Waals surface area contributed by atoms with Crippen molar-refractivity contribution in [1.82, 2.24) is 29.5 Å². The molecule has 1 amide bonds. The molecule has 1 saturated heterocycles. The molecule has 1 saturated carbocycles. The number of fused-ring (bicyclic) bond motifs is 2. The largest absolute Gasteiger partial charge is 0.348 e. The molecule has 0 spiro atoms. The molecule has 1 unspecified atom stereocenters. The van der Waals surface area contributed by atoms with Gasteiger partial charge in [0, 0.05) is 31.6 Å². The molecular formula is C20H24N6O4S. The minimum Gasteiger partial charge on any atom is -0.348 e. The third-order valence-corrected chi connectivity index (χ3v) is 7.79. The molecule has 3 heterocycles. The fourth-order valence-electron chi connectivity index (χ4n) is 5.15. The van der Waals surface area contributed by atoms with Crippen LogP contribution in [-0.4, -0.2) is 63.9 Å². The molecule has 0 radical (unpaired) electrons. The van der Waals surface area contributed by atoms with Gasteiger partial charge in [-0.3, -0.25) is 9.48 Å². The Kier molecular flexibility index (Phi) is 4.45. The summed E-state index contributed by atoms with van der Waals surface area (Å²) in [6.07, 6.45) is 2.37. The summed E-state index contributed by atoms with van der Waals surface area (Å²) in [5.74, 6) is 0.695. The van der Waals surface area contributed by atoms with Gasteiger partial charge < -0.3 is 9.84 Å². The summed E-state index contributed by atoms with van der Waals surface area (Å²) in [6, 6.07) is 7.45. The van der Waals surface area contributed by atoms with Gasteiger partial charge in [0.05, 0.1) is 17.2 Å². The number of amides is 1. The van der Waals surface area contributed by atoms with Crippen molar-refractivity contribution in [1.29, 1.82) is 0 Å². The molecule has 5 rings (SSSR count). The van der Waals surface area contributed by atoms with Gasteiger partial charge in [0.15, 0.2) is 11.5 Å². The Hall–Kier alpha value is -2.79. The molecule has 1 aliphatic carbocycles. The van der Waals surface area contributed by atoms with E-state index in [1.165, 1.54) is 10.6 Å². The van der Waals surface area contributed by atoms with Crippen LogP contribution in [0.2, 0.25) is 0 Å². The van der Waals surface area contributed by atoms with Crippen molar-refractivity contribution in [2.45, 2.75) is 31.2 Å². The number of aryl methyl sites for hydroxylation is 2. The summed E-state index contributed by atoms with van der Waals surface area (Å²) in [6.45, 7) is 2.39. The second-order valence-corrected chi connectivity index (χ2v) is 10.6. The van der Waals surface area contributed by atoms with Crippen LogP contribution in [0.4, 0.5) is 0 Å². The van der Waals surface area contributed by atoms with Gasteiger partial charge in [-0.05, 0) is 31.7 Å². The van der Waals surface area contributed by atoms with Gasteiger partial charge in [0.1, 0.15) is 0 Å². The fourth-order valence-corrected chi connectivity index (χ4v) is 6.07. The number of para-hydroxylation sites is 1. The number of nitrogens with one attached hydrogen (secondary N) is 1. The SMILES string of the molecule is Cc1noc([C@]23C[C@H](NC(=O)c4nn(C)c5ccccc45)CC2CN(S(C)(=O)=O)C3)n1. The predicted molar refractivity (Wildman–Crippen MR) is 112 cm³/mol. The number of carbonyl (C=O) groups excluding carboxylic acids is 1. The summed E-state index contributed by atoms with van der Waals surface area (Å²) in [7, 11) is -1.53. The number of aromatic nitrogens is 4. The summed E-state index contributed by atoms with van der Waals surface area (Å²) in [5, 5.41) is 12.2. The Balaban J connectivity index is 1.42. The molecule has 10 nitrogen and oxygen atoms in total. The van der Waals surface area contributed by atoms with Crippen molar-refractivity contribution in [3.05, 3.63) is 41.7 Å². The predicted octanol–water partition coefficient (Wildman–Crippen LogP) is 0.986. The monoisotopic (exact) mass is 444 g/mol. The summed E-state index contributed by atoms with van der Waals surface area (Å²) >= 11 is 0. The lowest BCUT2D eigenvalue weighted by Gasteiger charge is -2.24. The highest BCUT2D eigenvalue weighted by molar-refractivity contribution is 7.88. The lowest BCUT2D eigenvalue weighted by atomic mass is 9.80. The van der Waals surface area contributed by atoms with E-state index in [1.54, 1.807) is 11.6 Å². The Morgan fingerprint density at radius 2 is 2.10 bits per heavy atom. The molecule has 1 aromatic carbocycles. The van der Waals surface area contributed by atoms with E-state index in [2.05, 4.69) is 20.6 Å². The van der Waals surface area contributed by atoms with Gasteiger partial charge in [0.25, 0.3) is 5.91 Å². The van der Waals surface area contributed by atoms with Crippen molar-refractivity contribution in [2.24, 2.45) is 13.0 Å². The molecule has 11 heteroatoms. The van der Waals surface area contributed by atoms with Gasteiger partial charge >= 0.3 is 0 Å². The first kappa shape index (κ1) is 20.1. The minimum absolute atomic E-state index is 0.0205. The molecule has 31 heavy (non-hydrogen) atoms. The third-order valence-electron chi connectivity index (χ3n) is 6.57. The zero-order valence-corrected chi connectivity index (χ0v) is 18.4. The van der Waals surface area contributed by atoms with E-state index in [0.717, 1.165) is 10.9 Å². The number of benzene rings is 1. The van der Waals surface area contributed by atoms with E-state index < -0.39 is 15.4 Å². The Bertz CT molecular complexity index is 1280. The summed E-state index contributed by atoms with van der Waals surface area (Å²) in [4.78, 5) is 17.5. The zero-order chi connectivity index (χ0) is 22.0. The molecular weight excluding hydrogens is 420 g/mol. The van der Waals surface area contributed by atoms with Crippen LogP contribution in [0.5, 0.6) is 0 Å². The first-order chi connectivity index (χ1) is 14.7. The number of hydrogen-bond acceptors (Lipinski definition) is 7. The smallest absolute Gasteiger partial charge is 0.272 e. The maximum Gasteiger partial charge on any atom is 0.272 e. The Labute approximate surface area is 179 Å². The number of hydrogen-bond donors (Lipinski definition) is 1. The average Bonchev–Trinajstić information content (AvgIpc) is 3.43. The number of rotatable bonds is 4. The first-order valence-electron chi connectivity index (χ1n) is 10.2. The Morgan fingerprint density at radius 3 is 2.81 bits per heavy atom. The van der Waals surface area contributed by atoms with Gasteiger partial charge in [-0.25, -0.2) is 12.7 Å². The van der Waals surface area contributed by atoms with Crippen molar-refractivity contribution in [3.63, 3.8) is 0 Å². The van der Waals surface area contributed by atoms with Crippen LogP contribution in [0.3, 0.4) is 0 Å². The first-order valence-corrected chi connectivity index (χ1v) is 12.0. The van der Waals surface area contributed by atoms with E-state index in [4.69, 9.17) is 4.52 Å². The number of sulfonamides is 1. The van der Waals surface area contributed by atoms with Crippen LogP contribution >= 0.6 is 0 Å². The fraction of sp³-hybridized carbons (Fsp3) is 0.500. The van der Waals surface area contributed by atoms with Crippen molar-refractivity contribution in [3.8, 4) is 0 Å². The van der Waals surface area contributed by atoms with Crippen LogP contribution in [0, 0.1) is 12.8 Å². The molecule has 3 aromatic rings. The standard InChI is InChI=1S/C20H24N6O4S/c1-12-21-19(30-24-12)20-9-14(8-13(20)10-26(11-20)31(3,28)29)22-18(27)17-15-6-4-5-7-16(15)25(2)23-17/h4-7,13-14H,8-11H2,1-3H3,(H,22,27)/t13?,14-,20+/m1/s1. The van der Waals surface area contributed by atoms with Crippen LogP contribution < -0.4 is 5.32 Å². The highest BCUT2D eigenvalue weighted by atomic mass is 32.2. The minimum atomic E-state index is -3.35. The zero-order valence-electron chi connectivity index (χ0n) is 17.6. The third kappa shape index (κ3) is 3.23. The second kappa shape index (κ2) is 6.86. The van der Waals surface area contributed by atoms with E-state index in [-0.39, 0.29) is 24.4 Å². The molecule has 164 valence electrons. The topological polar surface area (TPSA) is 123 Å². The number of nitrogens with zero attached hydrogens (tertiary/aromatic N) is 5. The average molecular weight is 445 g/mol. The van der Waals surface area contributed by atoms with Crippen LogP contribution in [0.25, 0.3) is 10.9 Å². The highest BCUT2D eigenvalue weighted by Gasteiger charge is 2.59. The van der Waals surface area contributed by atoms with E-state index in [0.29, 0.717) is 36.8 Å². The summed E-state index contributed by atoms with van der Waals surface area (Å²) < 4.78 is 33.1. The van der Waals surface area contributed by atoms with Crippen LogP contribution in [-0.2, 0) is 22.5 Å². The van der Waals surface area contributed by atoms with Crippen molar-refractivity contribution >= 4 is 26.8 Å². The van der Waals surface area contributed by atoms with E-state index >= 15 is 0 Å². The normalized spacial score (nSPS) is 26.4. The maximum atomic E-state index is 13.1. The van der Waals surface area contributed by atoms with Gasteiger partial charge in [-0.1, -0.05) is 23.4 Å². The summed E-state index contributed by atoms with van der Waals surface area (Å²) in [5.41, 5.74) is 0.669. The lowest BCUT2D eigenvalue weighted by Crippen LogP contribution is -2.39. The Morgan fingerprint density at radius 1 is 1.32 bits per heavy atom. The van der Waals surface area contributed by atoms with E-state index in [1.807, 2.05) is 31.3 Å². The molecule has 2 fully saturated rings. The quantitative estimate of drug-likeness (QED) is 0.636. The highest BCUT2D eigenvalue weighted by Crippen LogP contribution is 2.50. The molecule has 1 aliphatic heterocycles. The molecule has 2 aromatic heterocycles. The number of carbonyl (C=O) groups is 1. The van der Waals surface area contributed by atoms with Gasteiger partial charge in [-0.15, -0.1) is 0 Å². The molecule has 2 aliphatic rings. The van der Waals surface area contributed by atoms with E-state index in [9.17, 15) is 13.2 Å².